The molecule has 190 valence electrons. The lowest BCUT2D eigenvalue weighted by Crippen LogP contribution is -2.54. The highest BCUT2D eigenvalue weighted by molar-refractivity contribution is 14.1. The number of ether oxygens (including phenoxy) is 2. The second-order valence-electron chi connectivity index (χ2n) is 8.03. The van der Waals surface area contributed by atoms with E-state index in [9.17, 15) is 18.8 Å². The highest BCUT2D eigenvalue weighted by atomic mass is 127. The minimum Gasteiger partial charge on any atom is -0.490 e. The van der Waals surface area contributed by atoms with Crippen LogP contribution < -0.4 is 19.7 Å². The van der Waals surface area contributed by atoms with Gasteiger partial charge in [-0.15, -0.1) is 0 Å². The van der Waals surface area contributed by atoms with Crippen LogP contribution in [0.4, 0.5) is 14.9 Å². The number of imide groups is 2. The SMILES string of the molecule is CCOc1cc(/C=C2/C(=O)NC(=O)N(c3ccc(Br)cc3C)C2=O)cc(I)c1OCc1ccccc1F. The number of rotatable bonds is 7. The second-order valence-corrected chi connectivity index (χ2v) is 10.1. The van der Waals surface area contributed by atoms with Crippen molar-refractivity contribution in [3.05, 3.63) is 90.7 Å². The van der Waals surface area contributed by atoms with Crippen LogP contribution in [-0.2, 0) is 16.2 Å². The summed E-state index contributed by atoms with van der Waals surface area (Å²) < 4.78 is 27.1. The third-order valence-corrected chi connectivity index (χ3v) is 6.77. The van der Waals surface area contributed by atoms with Crippen molar-refractivity contribution in [2.75, 3.05) is 11.5 Å². The maximum absolute atomic E-state index is 14.0. The molecular formula is C27H21BrFIN2O5. The molecular weight excluding hydrogens is 658 g/mol. The van der Waals surface area contributed by atoms with Gasteiger partial charge in [0.05, 0.1) is 15.9 Å². The summed E-state index contributed by atoms with van der Waals surface area (Å²) >= 11 is 5.41. The number of benzene rings is 3. The van der Waals surface area contributed by atoms with Gasteiger partial charge in [0.2, 0.25) is 0 Å². The van der Waals surface area contributed by atoms with Gasteiger partial charge in [0.15, 0.2) is 11.5 Å². The number of nitrogens with zero attached hydrogens (tertiary/aromatic N) is 1. The summed E-state index contributed by atoms with van der Waals surface area (Å²) in [5, 5.41) is 2.23. The third kappa shape index (κ3) is 5.85. The Kier molecular flexibility index (Phi) is 8.28. The van der Waals surface area contributed by atoms with E-state index in [0.717, 1.165) is 9.37 Å². The van der Waals surface area contributed by atoms with E-state index in [4.69, 9.17) is 9.47 Å². The molecule has 1 N–H and O–H groups in total. The molecule has 4 amide bonds. The molecule has 7 nitrogen and oxygen atoms in total. The molecule has 37 heavy (non-hydrogen) atoms. The Hall–Kier alpha value is -3.25. The largest absolute Gasteiger partial charge is 0.490 e. The van der Waals surface area contributed by atoms with Crippen molar-refractivity contribution in [1.29, 1.82) is 0 Å². The number of carbonyl (C=O) groups is 3. The molecule has 0 saturated carbocycles. The number of aryl methyl sites for hydroxylation is 1. The van der Waals surface area contributed by atoms with E-state index >= 15 is 0 Å². The maximum atomic E-state index is 14.0. The summed E-state index contributed by atoms with van der Waals surface area (Å²) in [4.78, 5) is 39.5. The molecule has 1 heterocycles. The maximum Gasteiger partial charge on any atom is 0.335 e. The predicted molar refractivity (Wildman–Crippen MR) is 149 cm³/mol. The zero-order chi connectivity index (χ0) is 26.7. The molecule has 0 unspecified atom stereocenters. The van der Waals surface area contributed by atoms with Crippen LogP contribution in [0.2, 0.25) is 0 Å². The number of amides is 4. The minimum atomic E-state index is -0.820. The van der Waals surface area contributed by atoms with Crippen molar-refractivity contribution in [1.82, 2.24) is 5.32 Å². The van der Waals surface area contributed by atoms with Crippen molar-refractivity contribution in [3.8, 4) is 11.5 Å². The van der Waals surface area contributed by atoms with Crippen LogP contribution in [0.1, 0.15) is 23.6 Å². The van der Waals surface area contributed by atoms with Crippen molar-refractivity contribution >= 4 is 68.1 Å². The predicted octanol–water partition coefficient (Wildman–Crippen LogP) is 6.15. The van der Waals surface area contributed by atoms with Gasteiger partial charge in [-0.3, -0.25) is 14.9 Å². The Labute approximate surface area is 234 Å². The van der Waals surface area contributed by atoms with Crippen LogP contribution in [0.3, 0.4) is 0 Å². The molecule has 3 aromatic rings. The number of hydrogen-bond donors (Lipinski definition) is 1. The minimum absolute atomic E-state index is 0.00626. The van der Waals surface area contributed by atoms with Crippen LogP contribution in [-0.4, -0.2) is 24.5 Å². The smallest absolute Gasteiger partial charge is 0.335 e. The fourth-order valence-corrected chi connectivity index (χ4v) is 5.01. The zero-order valence-electron chi connectivity index (χ0n) is 19.8. The molecule has 0 spiro atoms. The third-order valence-electron chi connectivity index (χ3n) is 5.47. The lowest BCUT2D eigenvalue weighted by atomic mass is 10.1. The summed E-state index contributed by atoms with van der Waals surface area (Å²) in [6.07, 6.45) is 1.40. The van der Waals surface area contributed by atoms with Gasteiger partial charge in [0.1, 0.15) is 18.0 Å². The number of barbiturate groups is 1. The van der Waals surface area contributed by atoms with E-state index in [-0.39, 0.29) is 18.0 Å². The van der Waals surface area contributed by atoms with E-state index in [1.165, 1.54) is 12.1 Å². The quantitative estimate of drug-likeness (QED) is 0.184. The Morgan fingerprint density at radius 3 is 2.54 bits per heavy atom. The monoisotopic (exact) mass is 678 g/mol. The first-order valence-corrected chi connectivity index (χ1v) is 13.1. The molecule has 1 fully saturated rings. The molecule has 3 aromatic carbocycles. The highest BCUT2D eigenvalue weighted by Crippen LogP contribution is 2.36. The summed E-state index contributed by atoms with van der Waals surface area (Å²) in [7, 11) is 0. The van der Waals surface area contributed by atoms with Gasteiger partial charge in [0, 0.05) is 10.0 Å². The van der Waals surface area contributed by atoms with E-state index in [1.807, 2.05) is 22.6 Å². The van der Waals surface area contributed by atoms with Gasteiger partial charge in [0.25, 0.3) is 11.8 Å². The molecule has 0 atom stereocenters. The summed E-state index contributed by atoms with van der Waals surface area (Å²) in [5.74, 6) is -1.13. The number of nitrogens with one attached hydrogen (secondary N) is 1. The fraction of sp³-hybridized carbons (Fsp3) is 0.148. The van der Waals surface area contributed by atoms with E-state index in [2.05, 4.69) is 21.2 Å². The van der Waals surface area contributed by atoms with Gasteiger partial charge in [-0.1, -0.05) is 34.1 Å². The normalized spacial score (nSPS) is 14.7. The average molecular weight is 679 g/mol. The Balaban J connectivity index is 1.68. The lowest BCUT2D eigenvalue weighted by molar-refractivity contribution is -0.122. The average Bonchev–Trinajstić information content (AvgIpc) is 2.83. The van der Waals surface area contributed by atoms with Crippen LogP contribution in [0.15, 0.2) is 64.6 Å². The zero-order valence-corrected chi connectivity index (χ0v) is 23.6. The van der Waals surface area contributed by atoms with Crippen molar-refractivity contribution in [2.24, 2.45) is 0 Å². The van der Waals surface area contributed by atoms with Crippen molar-refractivity contribution in [2.45, 2.75) is 20.5 Å². The standard InChI is InChI=1S/C27H21BrFIN2O5/c1-3-36-23-13-16(12-21(30)24(23)37-14-17-6-4-5-7-20(17)29)11-19-25(33)31-27(35)32(26(19)34)22-9-8-18(28)10-15(22)2/h4-13H,3,14H2,1-2H3,(H,31,33,35)/b19-11-. The molecule has 0 aliphatic carbocycles. The number of carbonyl (C=O) groups excluding carboxylic acids is 3. The first-order valence-electron chi connectivity index (χ1n) is 11.2. The van der Waals surface area contributed by atoms with E-state index < -0.39 is 17.8 Å². The Morgan fingerprint density at radius 1 is 1.08 bits per heavy atom. The molecule has 0 aromatic heterocycles. The van der Waals surface area contributed by atoms with Gasteiger partial charge < -0.3 is 9.47 Å². The fourth-order valence-electron chi connectivity index (χ4n) is 3.75. The first-order chi connectivity index (χ1) is 17.7. The highest BCUT2D eigenvalue weighted by Gasteiger charge is 2.37. The number of anilines is 1. The van der Waals surface area contributed by atoms with Crippen LogP contribution >= 0.6 is 38.5 Å². The molecule has 1 saturated heterocycles. The van der Waals surface area contributed by atoms with Crippen LogP contribution in [0.5, 0.6) is 11.5 Å². The summed E-state index contributed by atoms with van der Waals surface area (Å²) in [5.41, 5.74) is 1.72. The van der Waals surface area contributed by atoms with Crippen molar-refractivity contribution in [3.63, 3.8) is 0 Å². The van der Waals surface area contributed by atoms with E-state index in [0.29, 0.717) is 44.1 Å². The van der Waals surface area contributed by atoms with Gasteiger partial charge >= 0.3 is 6.03 Å². The van der Waals surface area contributed by atoms with Crippen LogP contribution in [0.25, 0.3) is 6.08 Å². The Morgan fingerprint density at radius 2 is 1.84 bits per heavy atom. The molecule has 1 aliphatic rings. The van der Waals surface area contributed by atoms with Gasteiger partial charge in [-0.05, 0) is 90.0 Å². The van der Waals surface area contributed by atoms with Crippen LogP contribution in [0, 0.1) is 16.3 Å². The molecule has 0 radical (unpaired) electrons. The summed E-state index contributed by atoms with van der Waals surface area (Å²) in [6, 6.07) is 13.9. The topological polar surface area (TPSA) is 84.9 Å². The van der Waals surface area contributed by atoms with Gasteiger partial charge in [-0.2, -0.15) is 0 Å². The molecule has 4 rings (SSSR count). The molecule has 0 bridgehead atoms. The second kappa shape index (κ2) is 11.4. The van der Waals surface area contributed by atoms with Crippen molar-refractivity contribution < 1.29 is 28.2 Å². The number of halogens is 3. The number of urea groups is 1. The lowest BCUT2D eigenvalue weighted by Gasteiger charge is -2.27. The molecule has 10 heteroatoms. The number of hydrogen-bond acceptors (Lipinski definition) is 5. The summed E-state index contributed by atoms with van der Waals surface area (Å²) in [6.45, 7) is 3.89. The first kappa shape index (κ1) is 26.8. The molecule has 1 aliphatic heterocycles. The Bertz CT molecular complexity index is 1440. The van der Waals surface area contributed by atoms with E-state index in [1.54, 1.807) is 62.4 Å². The van der Waals surface area contributed by atoms with Gasteiger partial charge in [-0.25, -0.2) is 14.1 Å².